The molecule has 1 aliphatic carbocycles. The zero-order valence-corrected chi connectivity index (χ0v) is 8.39. The Hall–Kier alpha value is -1.58. The van der Waals surface area contributed by atoms with Crippen molar-refractivity contribution in [3.63, 3.8) is 0 Å². The van der Waals surface area contributed by atoms with Crippen molar-refractivity contribution < 1.29 is 4.79 Å². The molecule has 1 saturated heterocycles. The largest absolute Gasteiger partial charge is 0.370 e. The van der Waals surface area contributed by atoms with Gasteiger partial charge in [0.25, 0.3) is 0 Å². The minimum atomic E-state index is -0.409. The molecular formula is C11H13N3O. The molecule has 1 saturated carbocycles. The number of amides is 1. The molecule has 3 rings (SSSR count). The molecule has 2 unspecified atom stereocenters. The van der Waals surface area contributed by atoms with Crippen molar-refractivity contribution in [3.8, 4) is 0 Å². The summed E-state index contributed by atoms with van der Waals surface area (Å²) in [5.74, 6) is 1.35. The number of rotatable bonds is 2. The van der Waals surface area contributed by atoms with E-state index < -0.39 is 5.91 Å². The molecule has 2 N–H and O–H groups in total. The number of carbonyl (C=O) groups excluding carboxylic acids is 1. The van der Waals surface area contributed by atoms with E-state index >= 15 is 0 Å². The van der Waals surface area contributed by atoms with E-state index in [0.29, 0.717) is 5.56 Å². The summed E-state index contributed by atoms with van der Waals surface area (Å²) < 4.78 is 0. The molecule has 1 amide bonds. The Morgan fingerprint density at radius 1 is 1.40 bits per heavy atom. The first-order chi connectivity index (χ1) is 7.24. The fourth-order valence-electron chi connectivity index (χ4n) is 2.34. The fourth-order valence-corrected chi connectivity index (χ4v) is 2.34. The van der Waals surface area contributed by atoms with Crippen molar-refractivity contribution in [2.24, 2.45) is 17.6 Å². The molecule has 0 bridgehead atoms. The number of nitrogens with zero attached hydrogens (tertiary/aromatic N) is 2. The highest BCUT2D eigenvalue weighted by molar-refractivity contribution is 5.93. The summed E-state index contributed by atoms with van der Waals surface area (Å²) in [7, 11) is 0. The first kappa shape index (κ1) is 8.71. The quantitative estimate of drug-likeness (QED) is 0.767. The molecule has 78 valence electrons. The van der Waals surface area contributed by atoms with Gasteiger partial charge in [-0.25, -0.2) is 0 Å². The average Bonchev–Trinajstić information content (AvgIpc) is 2.86. The molecule has 1 aromatic rings. The van der Waals surface area contributed by atoms with Gasteiger partial charge in [-0.15, -0.1) is 0 Å². The van der Waals surface area contributed by atoms with Crippen LogP contribution in [-0.2, 0) is 0 Å². The van der Waals surface area contributed by atoms with E-state index in [4.69, 9.17) is 5.73 Å². The molecular weight excluding hydrogens is 190 g/mol. The number of pyridine rings is 1. The number of piperidine rings is 1. The average molecular weight is 203 g/mol. The zero-order chi connectivity index (χ0) is 10.4. The lowest BCUT2D eigenvalue weighted by Crippen LogP contribution is -2.22. The number of hydrogen-bond donors (Lipinski definition) is 1. The Balaban J connectivity index is 1.85. The molecule has 4 heteroatoms. The van der Waals surface area contributed by atoms with E-state index in [0.717, 1.165) is 30.6 Å². The van der Waals surface area contributed by atoms with Gasteiger partial charge in [-0.1, -0.05) is 0 Å². The van der Waals surface area contributed by atoms with E-state index in [1.807, 2.05) is 6.07 Å². The smallest absolute Gasteiger partial charge is 0.250 e. The van der Waals surface area contributed by atoms with Gasteiger partial charge >= 0.3 is 0 Å². The summed E-state index contributed by atoms with van der Waals surface area (Å²) in [5.41, 5.74) is 6.74. The van der Waals surface area contributed by atoms with Crippen molar-refractivity contribution in [2.75, 3.05) is 18.0 Å². The second kappa shape index (κ2) is 2.95. The van der Waals surface area contributed by atoms with Crippen LogP contribution in [0.3, 0.4) is 0 Å². The number of primary amides is 1. The van der Waals surface area contributed by atoms with Crippen LogP contribution in [0.2, 0.25) is 0 Å². The normalized spacial score (nSPS) is 27.6. The van der Waals surface area contributed by atoms with Crippen LogP contribution in [0.15, 0.2) is 18.5 Å². The van der Waals surface area contributed by atoms with Crippen LogP contribution >= 0.6 is 0 Å². The lowest BCUT2D eigenvalue weighted by Gasteiger charge is -2.19. The maximum Gasteiger partial charge on any atom is 0.250 e. The van der Waals surface area contributed by atoms with Crippen LogP contribution < -0.4 is 10.6 Å². The molecule has 0 spiro atoms. The molecule has 2 atom stereocenters. The van der Waals surface area contributed by atoms with Crippen LogP contribution in [-0.4, -0.2) is 24.0 Å². The minimum absolute atomic E-state index is 0.409. The summed E-state index contributed by atoms with van der Waals surface area (Å²) in [6, 6.07) is 1.83. The van der Waals surface area contributed by atoms with Crippen LogP contribution in [0.1, 0.15) is 16.8 Å². The van der Waals surface area contributed by atoms with Crippen molar-refractivity contribution in [2.45, 2.75) is 6.42 Å². The van der Waals surface area contributed by atoms with Gasteiger partial charge in [0, 0.05) is 19.3 Å². The predicted molar refractivity (Wildman–Crippen MR) is 56.6 cm³/mol. The maximum atomic E-state index is 11.0. The highest BCUT2D eigenvalue weighted by Crippen LogP contribution is 2.46. The van der Waals surface area contributed by atoms with Gasteiger partial charge in [0.1, 0.15) is 0 Å². The van der Waals surface area contributed by atoms with Gasteiger partial charge in [-0.05, 0) is 24.3 Å². The topological polar surface area (TPSA) is 59.2 Å². The van der Waals surface area contributed by atoms with Crippen molar-refractivity contribution in [1.82, 2.24) is 4.98 Å². The molecule has 0 aromatic carbocycles. The van der Waals surface area contributed by atoms with E-state index in [-0.39, 0.29) is 0 Å². The molecule has 4 nitrogen and oxygen atoms in total. The Morgan fingerprint density at radius 3 is 2.80 bits per heavy atom. The second-order valence-corrected chi connectivity index (χ2v) is 4.46. The van der Waals surface area contributed by atoms with E-state index in [2.05, 4.69) is 9.88 Å². The molecule has 2 fully saturated rings. The highest BCUT2D eigenvalue weighted by Gasteiger charge is 2.45. The number of carbonyl (C=O) groups is 1. The lowest BCUT2D eigenvalue weighted by atomic mass is 10.2. The number of nitrogens with two attached hydrogens (primary N) is 1. The van der Waals surface area contributed by atoms with Crippen LogP contribution in [0, 0.1) is 11.8 Å². The third kappa shape index (κ3) is 1.46. The number of fused-ring (bicyclic) bond motifs is 1. The molecule has 2 heterocycles. The van der Waals surface area contributed by atoms with E-state index in [1.54, 1.807) is 6.20 Å². The van der Waals surface area contributed by atoms with Crippen LogP contribution in [0.5, 0.6) is 0 Å². The van der Waals surface area contributed by atoms with Crippen molar-refractivity contribution in [3.05, 3.63) is 24.0 Å². The summed E-state index contributed by atoms with van der Waals surface area (Å²) >= 11 is 0. The summed E-state index contributed by atoms with van der Waals surface area (Å²) in [5, 5.41) is 0. The number of hydrogen-bond acceptors (Lipinski definition) is 3. The lowest BCUT2D eigenvalue weighted by molar-refractivity contribution is 0.1000. The molecule has 1 aliphatic heterocycles. The Kier molecular flexibility index (Phi) is 1.71. The van der Waals surface area contributed by atoms with Gasteiger partial charge in [0.2, 0.25) is 5.91 Å². The van der Waals surface area contributed by atoms with Gasteiger partial charge in [-0.3, -0.25) is 9.78 Å². The third-order valence-corrected chi connectivity index (χ3v) is 3.35. The van der Waals surface area contributed by atoms with Crippen molar-refractivity contribution >= 4 is 11.6 Å². The second-order valence-electron chi connectivity index (χ2n) is 4.46. The SMILES string of the molecule is NC(=O)c1cncc(N2CC3CC3C2)c1. The first-order valence-corrected chi connectivity index (χ1v) is 5.24. The highest BCUT2D eigenvalue weighted by atomic mass is 16.1. The third-order valence-electron chi connectivity index (χ3n) is 3.35. The summed E-state index contributed by atoms with van der Waals surface area (Å²) in [6.07, 6.45) is 4.69. The Bertz CT molecular complexity index is 408. The van der Waals surface area contributed by atoms with E-state index in [9.17, 15) is 4.79 Å². The predicted octanol–water partition coefficient (Wildman–Crippen LogP) is 0.637. The fraction of sp³-hybridized carbons (Fsp3) is 0.455. The molecule has 1 aromatic heterocycles. The van der Waals surface area contributed by atoms with Crippen LogP contribution in [0.25, 0.3) is 0 Å². The van der Waals surface area contributed by atoms with Crippen molar-refractivity contribution in [1.29, 1.82) is 0 Å². The summed E-state index contributed by atoms with van der Waals surface area (Å²) in [6.45, 7) is 2.21. The molecule has 15 heavy (non-hydrogen) atoms. The molecule has 0 radical (unpaired) electrons. The van der Waals surface area contributed by atoms with Gasteiger partial charge in [0.05, 0.1) is 17.4 Å². The monoisotopic (exact) mass is 203 g/mol. The Labute approximate surface area is 88.1 Å². The van der Waals surface area contributed by atoms with Gasteiger partial charge in [-0.2, -0.15) is 0 Å². The minimum Gasteiger partial charge on any atom is -0.370 e. The number of aromatic nitrogens is 1. The van der Waals surface area contributed by atoms with Crippen LogP contribution in [0.4, 0.5) is 5.69 Å². The van der Waals surface area contributed by atoms with Gasteiger partial charge < -0.3 is 10.6 Å². The maximum absolute atomic E-state index is 11.0. The Morgan fingerprint density at radius 2 is 2.13 bits per heavy atom. The standard InChI is InChI=1S/C11H13N3O/c12-11(15)7-2-10(4-13-3-7)14-5-8-1-9(8)6-14/h2-4,8-9H,1,5-6H2,(H2,12,15). The summed E-state index contributed by atoms with van der Waals surface area (Å²) in [4.78, 5) is 17.3. The molecule has 2 aliphatic rings. The number of anilines is 1. The first-order valence-electron chi connectivity index (χ1n) is 5.24. The van der Waals surface area contributed by atoms with E-state index in [1.165, 1.54) is 12.6 Å². The zero-order valence-electron chi connectivity index (χ0n) is 8.39. The van der Waals surface area contributed by atoms with Gasteiger partial charge in [0.15, 0.2) is 0 Å².